The minimum Gasteiger partial charge on any atom is -0.294 e. The smallest absolute Gasteiger partial charge is 0.229 e. The molecule has 1 aliphatic heterocycles. The Morgan fingerprint density at radius 2 is 2.33 bits per heavy atom. The van der Waals surface area contributed by atoms with Gasteiger partial charge in [0.2, 0.25) is 5.91 Å². The lowest BCUT2D eigenvalue weighted by molar-refractivity contribution is -0.117. The van der Waals surface area contributed by atoms with Crippen molar-refractivity contribution in [2.24, 2.45) is 0 Å². The molecule has 2 heterocycles. The van der Waals surface area contributed by atoms with Crippen LogP contribution >= 0.6 is 11.6 Å². The second kappa shape index (κ2) is 5.07. The van der Waals surface area contributed by atoms with Gasteiger partial charge in [0.25, 0.3) is 0 Å². The van der Waals surface area contributed by atoms with Gasteiger partial charge >= 0.3 is 0 Å². The number of halogens is 1. The summed E-state index contributed by atoms with van der Waals surface area (Å²) in [5.41, 5.74) is 0.326. The molecule has 1 saturated heterocycles. The molecule has 1 fully saturated rings. The molecule has 1 amide bonds. The van der Waals surface area contributed by atoms with Crippen LogP contribution in [0.3, 0.4) is 0 Å². The fourth-order valence-corrected chi connectivity index (χ4v) is 2.20. The number of carbonyl (C=O) groups is 1. The van der Waals surface area contributed by atoms with Crippen molar-refractivity contribution in [2.45, 2.75) is 24.8 Å². The molecule has 2 rings (SSSR count). The zero-order chi connectivity index (χ0) is 13.1. The number of hydrogen-bond donors (Lipinski definition) is 0. The number of hydrogen-bond acceptors (Lipinski definition) is 4. The highest BCUT2D eigenvalue weighted by atomic mass is 35.5. The van der Waals surface area contributed by atoms with Crippen molar-refractivity contribution in [3.8, 4) is 12.1 Å². The Morgan fingerprint density at radius 1 is 1.56 bits per heavy atom. The molecule has 1 atom stereocenters. The van der Waals surface area contributed by atoms with Gasteiger partial charge in [0.1, 0.15) is 11.6 Å². The lowest BCUT2D eigenvalue weighted by atomic mass is 10.3. The maximum Gasteiger partial charge on any atom is 0.229 e. The van der Waals surface area contributed by atoms with E-state index in [1.54, 1.807) is 0 Å². The predicted molar refractivity (Wildman–Crippen MR) is 63.8 cm³/mol. The highest BCUT2D eigenvalue weighted by Crippen LogP contribution is 2.27. The highest BCUT2D eigenvalue weighted by Gasteiger charge is 2.33. The van der Waals surface area contributed by atoms with E-state index in [1.165, 1.54) is 15.8 Å². The molecule has 0 radical (unpaired) electrons. The van der Waals surface area contributed by atoms with E-state index in [1.807, 2.05) is 12.1 Å². The zero-order valence-electron chi connectivity index (χ0n) is 9.51. The minimum absolute atomic E-state index is 0.120. The molecule has 1 aromatic rings. The van der Waals surface area contributed by atoms with Crippen molar-refractivity contribution in [1.82, 2.24) is 9.78 Å². The van der Waals surface area contributed by atoms with Crippen molar-refractivity contribution in [3.05, 3.63) is 11.8 Å². The van der Waals surface area contributed by atoms with Crippen LogP contribution in [0.4, 0.5) is 5.82 Å². The van der Waals surface area contributed by atoms with Gasteiger partial charge in [-0.25, -0.2) is 4.68 Å². The van der Waals surface area contributed by atoms with E-state index in [2.05, 4.69) is 5.10 Å². The van der Waals surface area contributed by atoms with E-state index >= 15 is 0 Å². The van der Waals surface area contributed by atoms with E-state index in [0.717, 1.165) is 0 Å². The molecule has 1 aliphatic rings. The summed E-state index contributed by atoms with van der Waals surface area (Å²) >= 11 is 5.94. The highest BCUT2D eigenvalue weighted by molar-refractivity contribution is 6.24. The fourth-order valence-electron chi connectivity index (χ4n) is 1.93. The molecule has 18 heavy (non-hydrogen) atoms. The number of amides is 1. The Bertz CT molecular complexity index is 553. The summed E-state index contributed by atoms with van der Waals surface area (Å²) in [5, 5.41) is 21.4. The van der Waals surface area contributed by atoms with Crippen molar-refractivity contribution in [2.75, 3.05) is 11.4 Å². The number of aromatic nitrogens is 2. The van der Waals surface area contributed by atoms with Crippen LogP contribution in [0.1, 0.15) is 18.4 Å². The van der Waals surface area contributed by atoms with Gasteiger partial charge in [-0.15, -0.1) is 11.6 Å². The molecule has 0 aliphatic carbocycles. The number of anilines is 1. The van der Waals surface area contributed by atoms with Gasteiger partial charge < -0.3 is 0 Å². The van der Waals surface area contributed by atoms with Crippen LogP contribution in [0.15, 0.2) is 6.20 Å². The second-order valence-electron chi connectivity index (χ2n) is 3.93. The maximum atomic E-state index is 11.8. The largest absolute Gasteiger partial charge is 0.294 e. The fraction of sp³-hybridized carbons (Fsp3) is 0.455. The molecule has 7 heteroatoms. The van der Waals surface area contributed by atoms with Crippen LogP contribution in [0.2, 0.25) is 0 Å². The molecule has 0 N–H and O–H groups in total. The van der Waals surface area contributed by atoms with E-state index < -0.39 is 0 Å². The summed E-state index contributed by atoms with van der Waals surface area (Å²) in [6.07, 6.45) is 1.93. The van der Waals surface area contributed by atoms with E-state index in [0.29, 0.717) is 24.5 Å². The number of rotatable bonds is 3. The van der Waals surface area contributed by atoms with Crippen molar-refractivity contribution < 1.29 is 4.79 Å². The number of alkyl halides is 1. The third-order valence-corrected chi connectivity index (χ3v) is 2.99. The Hall–Kier alpha value is -2.05. The van der Waals surface area contributed by atoms with Crippen LogP contribution in [0.25, 0.3) is 0 Å². The molecule has 0 aromatic carbocycles. The van der Waals surface area contributed by atoms with Crippen LogP contribution in [0, 0.1) is 22.7 Å². The Kier molecular flexibility index (Phi) is 3.50. The first-order valence-electron chi connectivity index (χ1n) is 5.44. The number of nitrogens with zero attached hydrogens (tertiary/aromatic N) is 5. The molecular weight excluding hydrogens is 254 g/mol. The standard InChI is InChI=1S/C11H10ClN5O/c12-9-4-10(18)16(7-9)11-8(5-14)6-15-17(11)3-1-2-13/h6,9H,1,3-4,7H2. The monoisotopic (exact) mass is 263 g/mol. The first kappa shape index (κ1) is 12.4. The zero-order valence-corrected chi connectivity index (χ0v) is 10.3. The Balaban J connectivity index is 2.36. The average Bonchev–Trinajstić information content (AvgIpc) is 2.89. The van der Waals surface area contributed by atoms with Crippen LogP contribution in [0.5, 0.6) is 0 Å². The van der Waals surface area contributed by atoms with Crippen molar-refractivity contribution >= 4 is 23.3 Å². The minimum atomic E-state index is -0.247. The number of nitriles is 2. The molecular formula is C11H10ClN5O. The summed E-state index contributed by atoms with van der Waals surface area (Å²) in [6.45, 7) is 0.720. The van der Waals surface area contributed by atoms with E-state index in [-0.39, 0.29) is 24.1 Å². The summed E-state index contributed by atoms with van der Waals surface area (Å²) in [6, 6.07) is 4.01. The SMILES string of the molecule is N#CCCn1ncc(C#N)c1N1CC(Cl)CC1=O. The van der Waals surface area contributed by atoms with Gasteiger partial charge in [0.15, 0.2) is 5.82 Å². The van der Waals surface area contributed by atoms with Gasteiger partial charge in [0, 0.05) is 13.0 Å². The topological polar surface area (TPSA) is 85.7 Å². The van der Waals surface area contributed by atoms with Gasteiger partial charge in [0.05, 0.1) is 30.6 Å². The Morgan fingerprint density at radius 3 is 2.89 bits per heavy atom. The molecule has 1 unspecified atom stereocenters. The third kappa shape index (κ3) is 2.15. The number of aryl methyl sites for hydroxylation is 1. The molecule has 0 bridgehead atoms. The van der Waals surface area contributed by atoms with Gasteiger partial charge in [-0.2, -0.15) is 15.6 Å². The molecule has 92 valence electrons. The summed E-state index contributed by atoms with van der Waals surface area (Å²) in [7, 11) is 0. The van der Waals surface area contributed by atoms with Crippen molar-refractivity contribution in [3.63, 3.8) is 0 Å². The lowest BCUT2D eigenvalue weighted by Gasteiger charge is -2.17. The quantitative estimate of drug-likeness (QED) is 0.762. The van der Waals surface area contributed by atoms with Crippen LogP contribution in [-0.4, -0.2) is 27.6 Å². The first-order valence-corrected chi connectivity index (χ1v) is 5.88. The van der Waals surface area contributed by atoms with Gasteiger partial charge in [-0.1, -0.05) is 0 Å². The molecule has 6 nitrogen and oxygen atoms in total. The average molecular weight is 264 g/mol. The lowest BCUT2D eigenvalue weighted by Crippen LogP contribution is -2.28. The summed E-state index contributed by atoms with van der Waals surface area (Å²) in [4.78, 5) is 13.3. The summed E-state index contributed by atoms with van der Waals surface area (Å²) in [5.74, 6) is 0.325. The van der Waals surface area contributed by atoms with E-state index in [4.69, 9.17) is 22.1 Å². The van der Waals surface area contributed by atoms with E-state index in [9.17, 15) is 4.79 Å². The maximum absolute atomic E-state index is 11.8. The van der Waals surface area contributed by atoms with Gasteiger partial charge in [-0.3, -0.25) is 9.69 Å². The number of carbonyl (C=O) groups excluding carboxylic acids is 1. The third-order valence-electron chi connectivity index (χ3n) is 2.70. The molecule has 0 spiro atoms. The van der Waals surface area contributed by atoms with Crippen LogP contribution < -0.4 is 4.90 Å². The van der Waals surface area contributed by atoms with Gasteiger partial charge in [-0.05, 0) is 0 Å². The second-order valence-corrected chi connectivity index (χ2v) is 4.55. The van der Waals surface area contributed by atoms with Crippen molar-refractivity contribution in [1.29, 1.82) is 10.5 Å². The molecule has 0 saturated carbocycles. The predicted octanol–water partition coefficient (Wildman–Crippen LogP) is 1.01. The van der Waals surface area contributed by atoms with Crippen LogP contribution in [-0.2, 0) is 11.3 Å². The summed E-state index contributed by atoms with van der Waals surface area (Å²) < 4.78 is 1.51. The molecule has 1 aromatic heterocycles. The first-order chi connectivity index (χ1) is 8.67. The normalized spacial score (nSPS) is 18.7. The Labute approximate surface area is 109 Å².